The molecule has 0 radical (unpaired) electrons. The maximum absolute atomic E-state index is 12.2. The molecule has 2 rings (SSSR count). The lowest BCUT2D eigenvalue weighted by Crippen LogP contribution is -2.51. The van der Waals surface area contributed by atoms with Crippen LogP contribution in [0.2, 0.25) is 0 Å². The molecule has 19 heavy (non-hydrogen) atoms. The minimum absolute atomic E-state index is 0. The number of halogens is 1. The van der Waals surface area contributed by atoms with Gasteiger partial charge in [0.05, 0.1) is 0 Å². The normalized spacial score (nSPS) is 20.5. The zero-order valence-electron chi connectivity index (χ0n) is 11.6. The maximum Gasteiger partial charge on any atom is 0.223 e. The highest BCUT2D eigenvalue weighted by molar-refractivity contribution is 5.85. The third-order valence-electron chi connectivity index (χ3n) is 3.57. The molecular formula is C15H23ClN2O. The molecule has 1 aliphatic heterocycles. The Morgan fingerprint density at radius 2 is 2.11 bits per heavy atom. The van der Waals surface area contributed by atoms with Crippen LogP contribution in [0, 0.1) is 0 Å². The summed E-state index contributed by atoms with van der Waals surface area (Å²) in [5.74, 6) is 0.573. The fourth-order valence-corrected chi connectivity index (χ4v) is 2.45. The summed E-state index contributed by atoms with van der Waals surface area (Å²) in [6.45, 7) is 6.83. The molecule has 1 heterocycles. The summed E-state index contributed by atoms with van der Waals surface area (Å²) < 4.78 is 0. The van der Waals surface area contributed by atoms with E-state index in [-0.39, 0.29) is 18.3 Å². The van der Waals surface area contributed by atoms with Crippen LogP contribution in [0.5, 0.6) is 0 Å². The van der Waals surface area contributed by atoms with Gasteiger partial charge in [0.2, 0.25) is 5.91 Å². The smallest absolute Gasteiger partial charge is 0.223 e. The van der Waals surface area contributed by atoms with E-state index in [0.29, 0.717) is 18.4 Å². The zero-order chi connectivity index (χ0) is 13.0. The van der Waals surface area contributed by atoms with E-state index in [4.69, 9.17) is 0 Å². The predicted molar refractivity (Wildman–Crippen MR) is 80.8 cm³/mol. The third-order valence-corrected chi connectivity index (χ3v) is 3.57. The second-order valence-corrected chi connectivity index (χ2v) is 5.21. The Hall–Kier alpha value is -1.06. The van der Waals surface area contributed by atoms with E-state index in [0.717, 1.165) is 19.6 Å². The van der Waals surface area contributed by atoms with Gasteiger partial charge >= 0.3 is 0 Å². The van der Waals surface area contributed by atoms with Gasteiger partial charge in [-0.3, -0.25) is 4.79 Å². The van der Waals surface area contributed by atoms with Crippen LogP contribution in [0.3, 0.4) is 0 Å². The Labute approximate surface area is 121 Å². The zero-order valence-corrected chi connectivity index (χ0v) is 12.5. The standard InChI is InChI=1S/C15H22N2O.ClH/c1-12(14-6-4-3-5-7-14)10-15(18)17-9-8-16-13(2)11-17;/h3-7,12-13,16H,8-11H2,1-2H3;1H. The highest BCUT2D eigenvalue weighted by Crippen LogP contribution is 2.19. The van der Waals surface area contributed by atoms with Crippen LogP contribution in [0.25, 0.3) is 0 Å². The van der Waals surface area contributed by atoms with Gasteiger partial charge in [-0.25, -0.2) is 0 Å². The van der Waals surface area contributed by atoms with E-state index < -0.39 is 0 Å². The van der Waals surface area contributed by atoms with Gasteiger partial charge in [-0.15, -0.1) is 12.4 Å². The van der Waals surface area contributed by atoms with Crippen LogP contribution >= 0.6 is 12.4 Å². The summed E-state index contributed by atoms with van der Waals surface area (Å²) in [7, 11) is 0. The molecular weight excluding hydrogens is 260 g/mol. The van der Waals surface area contributed by atoms with Gasteiger partial charge in [0.1, 0.15) is 0 Å². The Morgan fingerprint density at radius 1 is 1.42 bits per heavy atom. The number of hydrogen-bond donors (Lipinski definition) is 1. The molecule has 0 spiro atoms. The Bertz CT molecular complexity index is 396. The molecule has 1 fully saturated rings. The third kappa shape index (κ3) is 4.51. The number of benzene rings is 1. The number of amides is 1. The van der Waals surface area contributed by atoms with Crippen molar-refractivity contribution in [2.75, 3.05) is 19.6 Å². The summed E-state index contributed by atoms with van der Waals surface area (Å²) >= 11 is 0. The van der Waals surface area contributed by atoms with Crippen molar-refractivity contribution >= 4 is 18.3 Å². The minimum Gasteiger partial charge on any atom is -0.340 e. The van der Waals surface area contributed by atoms with Crippen molar-refractivity contribution in [2.45, 2.75) is 32.2 Å². The Kier molecular flexibility index (Phi) is 6.32. The van der Waals surface area contributed by atoms with Crippen molar-refractivity contribution in [1.82, 2.24) is 10.2 Å². The molecule has 1 N–H and O–H groups in total. The number of piperazine rings is 1. The number of nitrogens with zero attached hydrogens (tertiary/aromatic N) is 1. The maximum atomic E-state index is 12.2. The summed E-state index contributed by atoms with van der Waals surface area (Å²) in [5, 5.41) is 3.36. The van der Waals surface area contributed by atoms with E-state index in [1.54, 1.807) is 0 Å². The average Bonchev–Trinajstić information content (AvgIpc) is 2.39. The topological polar surface area (TPSA) is 32.3 Å². The lowest BCUT2D eigenvalue weighted by Gasteiger charge is -2.32. The number of nitrogens with one attached hydrogen (secondary N) is 1. The molecule has 0 saturated carbocycles. The van der Waals surface area contributed by atoms with Crippen LogP contribution in [0.4, 0.5) is 0 Å². The molecule has 3 nitrogen and oxygen atoms in total. The highest BCUT2D eigenvalue weighted by atomic mass is 35.5. The van der Waals surface area contributed by atoms with Crippen LogP contribution < -0.4 is 5.32 Å². The fraction of sp³-hybridized carbons (Fsp3) is 0.533. The highest BCUT2D eigenvalue weighted by Gasteiger charge is 2.22. The lowest BCUT2D eigenvalue weighted by molar-refractivity contribution is -0.132. The molecule has 0 aromatic heterocycles. The average molecular weight is 283 g/mol. The number of carbonyl (C=O) groups excluding carboxylic acids is 1. The van der Waals surface area contributed by atoms with Crippen LogP contribution in [0.15, 0.2) is 30.3 Å². The fourth-order valence-electron chi connectivity index (χ4n) is 2.45. The van der Waals surface area contributed by atoms with Crippen molar-refractivity contribution in [1.29, 1.82) is 0 Å². The van der Waals surface area contributed by atoms with Crippen molar-refractivity contribution in [3.8, 4) is 0 Å². The minimum atomic E-state index is 0. The quantitative estimate of drug-likeness (QED) is 0.923. The summed E-state index contributed by atoms with van der Waals surface area (Å²) in [6.07, 6.45) is 0.608. The van der Waals surface area contributed by atoms with Gasteiger partial charge in [-0.2, -0.15) is 0 Å². The molecule has 0 bridgehead atoms. The number of hydrogen-bond acceptors (Lipinski definition) is 2. The Balaban J connectivity index is 0.00000180. The first-order valence-corrected chi connectivity index (χ1v) is 6.73. The second-order valence-electron chi connectivity index (χ2n) is 5.21. The van der Waals surface area contributed by atoms with Gasteiger partial charge in [0, 0.05) is 32.1 Å². The van der Waals surface area contributed by atoms with Gasteiger partial charge in [0.25, 0.3) is 0 Å². The summed E-state index contributed by atoms with van der Waals surface area (Å²) in [6, 6.07) is 10.7. The first kappa shape index (κ1) is 16.0. The van der Waals surface area contributed by atoms with Gasteiger partial charge in [0.15, 0.2) is 0 Å². The number of rotatable bonds is 3. The van der Waals surface area contributed by atoms with Gasteiger partial charge < -0.3 is 10.2 Å². The molecule has 1 aromatic rings. The first-order chi connectivity index (χ1) is 8.66. The van der Waals surface area contributed by atoms with Crippen LogP contribution in [0.1, 0.15) is 31.7 Å². The van der Waals surface area contributed by atoms with E-state index in [2.05, 4.69) is 31.3 Å². The van der Waals surface area contributed by atoms with Gasteiger partial charge in [-0.1, -0.05) is 37.3 Å². The largest absolute Gasteiger partial charge is 0.340 e. The van der Waals surface area contributed by atoms with E-state index >= 15 is 0 Å². The van der Waals surface area contributed by atoms with E-state index in [9.17, 15) is 4.79 Å². The number of carbonyl (C=O) groups is 1. The molecule has 1 aromatic carbocycles. The van der Waals surface area contributed by atoms with E-state index in [1.807, 2.05) is 23.1 Å². The van der Waals surface area contributed by atoms with Crippen molar-refractivity contribution in [3.63, 3.8) is 0 Å². The summed E-state index contributed by atoms with van der Waals surface area (Å²) in [5.41, 5.74) is 1.24. The molecule has 2 atom stereocenters. The second kappa shape index (κ2) is 7.51. The predicted octanol–water partition coefficient (Wildman–Crippen LogP) is 2.42. The molecule has 1 amide bonds. The lowest BCUT2D eigenvalue weighted by atomic mass is 9.97. The molecule has 4 heteroatoms. The first-order valence-electron chi connectivity index (χ1n) is 6.73. The molecule has 2 unspecified atom stereocenters. The molecule has 1 aliphatic rings. The van der Waals surface area contributed by atoms with Crippen molar-refractivity contribution in [3.05, 3.63) is 35.9 Å². The van der Waals surface area contributed by atoms with Crippen LogP contribution in [-0.2, 0) is 4.79 Å². The Morgan fingerprint density at radius 3 is 2.74 bits per heavy atom. The monoisotopic (exact) mass is 282 g/mol. The van der Waals surface area contributed by atoms with Crippen molar-refractivity contribution < 1.29 is 4.79 Å². The SMILES string of the molecule is CC1CN(C(=O)CC(C)c2ccccc2)CCN1.Cl. The molecule has 106 valence electrons. The summed E-state index contributed by atoms with van der Waals surface area (Å²) in [4.78, 5) is 14.2. The van der Waals surface area contributed by atoms with E-state index in [1.165, 1.54) is 5.56 Å². The molecule has 0 aliphatic carbocycles. The van der Waals surface area contributed by atoms with Crippen molar-refractivity contribution in [2.24, 2.45) is 0 Å². The van der Waals surface area contributed by atoms with Crippen LogP contribution in [-0.4, -0.2) is 36.5 Å². The van der Waals surface area contributed by atoms with Gasteiger partial charge in [-0.05, 0) is 18.4 Å². The molecule has 1 saturated heterocycles.